The lowest BCUT2D eigenvalue weighted by Crippen LogP contribution is -2.36. The molecule has 0 saturated carbocycles. The number of hydrogen-bond acceptors (Lipinski definition) is 4. The van der Waals surface area contributed by atoms with Gasteiger partial charge in [-0.3, -0.25) is 19.5 Å². The van der Waals surface area contributed by atoms with E-state index in [9.17, 15) is 18.4 Å². The fraction of sp³-hybridized carbons (Fsp3) is 0.292. The summed E-state index contributed by atoms with van der Waals surface area (Å²) in [6.45, 7) is 1.80. The second-order valence-electron chi connectivity index (χ2n) is 8.08. The average Bonchev–Trinajstić information content (AvgIpc) is 2.78. The van der Waals surface area contributed by atoms with Gasteiger partial charge in [-0.25, -0.2) is 8.78 Å². The molecule has 0 saturated heterocycles. The number of carbonyl (C=O) groups excluding carboxylic acids is 2. The number of fused-ring (bicyclic) bond motifs is 2. The van der Waals surface area contributed by atoms with Crippen molar-refractivity contribution in [3.8, 4) is 0 Å². The van der Waals surface area contributed by atoms with Crippen LogP contribution in [-0.2, 0) is 17.8 Å². The predicted octanol–water partition coefficient (Wildman–Crippen LogP) is 3.60. The highest BCUT2D eigenvalue weighted by molar-refractivity contribution is 6.13. The minimum Gasteiger partial charge on any atom is -0.349 e. The second kappa shape index (κ2) is 9.00. The number of pyridine rings is 1. The molecule has 2 aromatic carbocycles. The van der Waals surface area contributed by atoms with E-state index in [4.69, 9.17) is 4.98 Å². The van der Waals surface area contributed by atoms with Crippen molar-refractivity contribution in [1.29, 1.82) is 0 Å². The van der Waals surface area contributed by atoms with Gasteiger partial charge in [-0.15, -0.1) is 0 Å². The van der Waals surface area contributed by atoms with Crippen LogP contribution in [0.4, 0.5) is 14.5 Å². The molecular formula is C24H24F2N4O2. The normalized spacial score (nSPS) is 13.6. The van der Waals surface area contributed by atoms with E-state index in [1.54, 1.807) is 19.0 Å². The number of nitrogens with one attached hydrogen (secondary N) is 1. The van der Waals surface area contributed by atoms with Crippen LogP contribution in [0.2, 0.25) is 0 Å². The van der Waals surface area contributed by atoms with Crippen molar-refractivity contribution < 1.29 is 18.4 Å². The van der Waals surface area contributed by atoms with Gasteiger partial charge in [-0.2, -0.15) is 0 Å². The molecule has 0 spiro atoms. The number of halogens is 2. The van der Waals surface area contributed by atoms with E-state index in [1.807, 2.05) is 24.3 Å². The minimum absolute atomic E-state index is 0.0451. The van der Waals surface area contributed by atoms with Crippen molar-refractivity contribution in [1.82, 2.24) is 14.8 Å². The lowest BCUT2D eigenvalue weighted by molar-refractivity contribution is -0.129. The SMILES string of the molecule is CN(C)C(=O)CCN1CCc2nc3ccccc3c(C(=O)Nc3ccc(F)c(F)c3)c2C1. The third kappa shape index (κ3) is 4.45. The molecule has 0 bridgehead atoms. The van der Waals surface area contributed by atoms with Crippen molar-refractivity contribution in [2.24, 2.45) is 0 Å². The van der Waals surface area contributed by atoms with Crippen LogP contribution in [0, 0.1) is 11.6 Å². The maximum absolute atomic E-state index is 13.6. The molecule has 0 radical (unpaired) electrons. The van der Waals surface area contributed by atoms with E-state index < -0.39 is 17.5 Å². The summed E-state index contributed by atoms with van der Waals surface area (Å²) in [6, 6.07) is 10.6. The Balaban J connectivity index is 1.68. The molecule has 6 nitrogen and oxygen atoms in total. The topological polar surface area (TPSA) is 65.5 Å². The third-order valence-electron chi connectivity index (χ3n) is 5.67. The lowest BCUT2D eigenvalue weighted by Gasteiger charge is -2.30. The molecule has 0 unspecified atom stereocenters. The molecule has 2 heterocycles. The Kier molecular flexibility index (Phi) is 6.14. The summed E-state index contributed by atoms with van der Waals surface area (Å²) in [6.07, 6.45) is 1.04. The van der Waals surface area contributed by atoms with Gasteiger partial charge in [0.1, 0.15) is 0 Å². The average molecular weight is 438 g/mol. The Hall–Kier alpha value is -3.39. The summed E-state index contributed by atoms with van der Waals surface area (Å²) < 4.78 is 26.9. The molecule has 166 valence electrons. The van der Waals surface area contributed by atoms with Crippen LogP contribution in [0.25, 0.3) is 10.9 Å². The van der Waals surface area contributed by atoms with Crippen molar-refractivity contribution >= 4 is 28.4 Å². The van der Waals surface area contributed by atoms with Gasteiger partial charge in [0.05, 0.1) is 11.1 Å². The van der Waals surface area contributed by atoms with E-state index in [0.717, 1.165) is 29.9 Å². The molecule has 1 aliphatic rings. The lowest BCUT2D eigenvalue weighted by atomic mass is 9.95. The first-order valence-electron chi connectivity index (χ1n) is 10.4. The largest absolute Gasteiger partial charge is 0.349 e. The van der Waals surface area contributed by atoms with Crippen molar-refractivity contribution in [3.63, 3.8) is 0 Å². The number of hydrogen-bond donors (Lipinski definition) is 1. The Morgan fingerprint density at radius 2 is 1.91 bits per heavy atom. The van der Waals surface area contributed by atoms with Crippen LogP contribution in [0.5, 0.6) is 0 Å². The van der Waals surface area contributed by atoms with E-state index >= 15 is 0 Å². The van der Waals surface area contributed by atoms with Crippen molar-refractivity contribution in [2.75, 3.05) is 32.5 Å². The highest BCUT2D eigenvalue weighted by Gasteiger charge is 2.26. The maximum Gasteiger partial charge on any atom is 0.256 e. The second-order valence-corrected chi connectivity index (χ2v) is 8.08. The number of anilines is 1. The Morgan fingerprint density at radius 1 is 1.12 bits per heavy atom. The predicted molar refractivity (Wildman–Crippen MR) is 118 cm³/mol. The van der Waals surface area contributed by atoms with Gasteiger partial charge in [0.15, 0.2) is 11.6 Å². The van der Waals surface area contributed by atoms with Crippen LogP contribution in [0.3, 0.4) is 0 Å². The van der Waals surface area contributed by atoms with Gasteiger partial charge in [0.25, 0.3) is 5.91 Å². The monoisotopic (exact) mass is 438 g/mol. The summed E-state index contributed by atoms with van der Waals surface area (Å²) in [5, 5.41) is 3.39. The molecular weight excluding hydrogens is 414 g/mol. The number of amides is 2. The minimum atomic E-state index is -1.03. The first-order chi connectivity index (χ1) is 15.3. The van der Waals surface area contributed by atoms with Crippen LogP contribution in [0.1, 0.15) is 28.0 Å². The number of carbonyl (C=O) groups is 2. The Bertz CT molecular complexity index is 1200. The number of benzene rings is 2. The van der Waals surface area contributed by atoms with Crippen LogP contribution >= 0.6 is 0 Å². The summed E-state index contributed by atoms with van der Waals surface area (Å²) in [5.41, 5.74) is 2.99. The fourth-order valence-corrected chi connectivity index (χ4v) is 3.94. The summed E-state index contributed by atoms with van der Waals surface area (Å²) in [4.78, 5) is 33.8. The highest BCUT2D eigenvalue weighted by atomic mass is 19.2. The Morgan fingerprint density at radius 3 is 2.66 bits per heavy atom. The molecule has 8 heteroatoms. The van der Waals surface area contributed by atoms with E-state index in [1.165, 1.54) is 6.07 Å². The van der Waals surface area contributed by atoms with Gasteiger partial charge in [-0.1, -0.05) is 18.2 Å². The number of para-hydroxylation sites is 1. The quantitative estimate of drug-likeness (QED) is 0.661. The first kappa shape index (κ1) is 21.8. The number of aromatic nitrogens is 1. The molecule has 0 aliphatic carbocycles. The molecule has 1 N–H and O–H groups in total. The molecule has 1 aliphatic heterocycles. The zero-order chi connectivity index (χ0) is 22.8. The van der Waals surface area contributed by atoms with E-state index in [0.29, 0.717) is 42.4 Å². The van der Waals surface area contributed by atoms with Gasteiger partial charge in [0, 0.05) is 75.0 Å². The zero-order valence-corrected chi connectivity index (χ0v) is 18.0. The summed E-state index contributed by atoms with van der Waals surface area (Å²) in [7, 11) is 3.45. The molecule has 4 rings (SSSR count). The zero-order valence-electron chi connectivity index (χ0n) is 18.0. The van der Waals surface area contributed by atoms with Gasteiger partial charge >= 0.3 is 0 Å². The molecule has 0 atom stereocenters. The highest BCUT2D eigenvalue weighted by Crippen LogP contribution is 2.29. The molecule has 3 aromatic rings. The third-order valence-corrected chi connectivity index (χ3v) is 5.67. The van der Waals surface area contributed by atoms with Gasteiger partial charge in [-0.05, 0) is 18.2 Å². The Labute approximate surface area is 184 Å². The molecule has 32 heavy (non-hydrogen) atoms. The van der Waals surface area contributed by atoms with Crippen LogP contribution < -0.4 is 5.32 Å². The van der Waals surface area contributed by atoms with E-state index in [2.05, 4.69) is 10.2 Å². The van der Waals surface area contributed by atoms with Crippen LogP contribution in [-0.4, -0.2) is 53.8 Å². The maximum atomic E-state index is 13.6. The fourth-order valence-electron chi connectivity index (χ4n) is 3.94. The first-order valence-corrected chi connectivity index (χ1v) is 10.4. The van der Waals surface area contributed by atoms with Crippen molar-refractivity contribution in [2.45, 2.75) is 19.4 Å². The van der Waals surface area contributed by atoms with E-state index in [-0.39, 0.29) is 11.6 Å². The molecule has 1 aromatic heterocycles. The summed E-state index contributed by atoms with van der Waals surface area (Å²) in [5.74, 6) is -2.36. The van der Waals surface area contributed by atoms with Crippen LogP contribution in [0.15, 0.2) is 42.5 Å². The molecule has 0 fully saturated rings. The summed E-state index contributed by atoms with van der Waals surface area (Å²) >= 11 is 0. The number of rotatable bonds is 5. The number of nitrogens with zero attached hydrogens (tertiary/aromatic N) is 3. The molecule has 2 amide bonds. The smallest absolute Gasteiger partial charge is 0.256 e. The van der Waals surface area contributed by atoms with Gasteiger partial charge < -0.3 is 10.2 Å². The standard InChI is InChI=1S/C24H24F2N4O2/c1-29(2)22(31)10-12-30-11-9-21-17(14-30)23(16-5-3-4-6-20(16)28-21)24(32)27-15-7-8-18(25)19(26)13-15/h3-8,13H,9-12,14H2,1-2H3,(H,27,32). The van der Waals surface area contributed by atoms with Crippen molar-refractivity contribution in [3.05, 3.63) is 70.9 Å². The van der Waals surface area contributed by atoms with Gasteiger partial charge in [0.2, 0.25) is 5.91 Å².